The van der Waals surface area contributed by atoms with Crippen LogP contribution in [0.25, 0.3) is 6.08 Å². The second kappa shape index (κ2) is 11.0. The molecule has 0 radical (unpaired) electrons. The van der Waals surface area contributed by atoms with Crippen LogP contribution in [0.2, 0.25) is 0 Å². The van der Waals surface area contributed by atoms with Crippen LogP contribution in [0.5, 0.6) is 11.5 Å². The van der Waals surface area contributed by atoms with Gasteiger partial charge in [0.25, 0.3) is 5.91 Å². The molecule has 0 spiro atoms. The molecule has 180 valence electrons. The van der Waals surface area contributed by atoms with Crippen LogP contribution in [0.4, 0.5) is 5.69 Å². The van der Waals surface area contributed by atoms with Crippen LogP contribution in [0, 0.1) is 0 Å². The summed E-state index contributed by atoms with van der Waals surface area (Å²) in [6.07, 6.45) is 4.97. The molecule has 2 aromatic carbocycles. The maximum absolute atomic E-state index is 13.2. The van der Waals surface area contributed by atoms with Crippen LogP contribution in [-0.2, 0) is 11.3 Å². The molecule has 1 aliphatic heterocycles. The Morgan fingerprint density at radius 2 is 1.91 bits per heavy atom. The van der Waals surface area contributed by atoms with Crippen LogP contribution in [-0.4, -0.2) is 48.0 Å². The average molecular weight is 491 g/mol. The number of carbonyl (C=O) groups excluding carboxylic acids is 1. The van der Waals surface area contributed by atoms with Gasteiger partial charge in [0.1, 0.15) is 5.76 Å². The van der Waals surface area contributed by atoms with Gasteiger partial charge in [-0.2, -0.15) is 5.10 Å². The van der Waals surface area contributed by atoms with Gasteiger partial charge >= 0.3 is 0 Å². The fraction of sp³-hybridized carbons (Fsp3) is 0.192. The highest BCUT2D eigenvalue weighted by Gasteiger charge is 2.34. The molecule has 2 heterocycles. The van der Waals surface area contributed by atoms with Crippen molar-refractivity contribution >= 4 is 40.8 Å². The molecule has 1 aromatic heterocycles. The van der Waals surface area contributed by atoms with E-state index >= 15 is 0 Å². The molecule has 0 saturated carbocycles. The number of benzene rings is 2. The first-order chi connectivity index (χ1) is 16.9. The summed E-state index contributed by atoms with van der Waals surface area (Å²) in [6, 6.07) is 16.5. The standard InChI is InChI=1S/C26H26N4O4S/c1-4-33-23-14-19(9-12-22(23)31)15-24-25(32)30(17-21-6-5-13-34-21)26(35-24)28-27-16-18-7-10-20(11-8-18)29(2)3/h5-16,31H,4,17H2,1-3H3/b24-15-,27-16-,28-26+. The van der Waals surface area contributed by atoms with Crippen molar-refractivity contribution in [2.24, 2.45) is 10.2 Å². The Balaban J connectivity index is 1.60. The zero-order chi connectivity index (χ0) is 24.8. The van der Waals surface area contributed by atoms with E-state index in [2.05, 4.69) is 10.2 Å². The molecule has 1 aliphatic rings. The fourth-order valence-electron chi connectivity index (χ4n) is 3.33. The summed E-state index contributed by atoms with van der Waals surface area (Å²) >= 11 is 1.23. The maximum atomic E-state index is 13.2. The van der Waals surface area contributed by atoms with Gasteiger partial charge in [0, 0.05) is 19.8 Å². The molecule has 0 unspecified atom stereocenters. The zero-order valence-corrected chi connectivity index (χ0v) is 20.5. The van der Waals surface area contributed by atoms with Crippen molar-refractivity contribution in [3.05, 3.63) is 82.7 Å². The highest BCUT2D eigenvalue weighted by Crippen LogP contribution is 2.35. The number of phenols is 1. The summed E-state index contributed by atoms with van der Waals surface area (Å²) in [5, 5.41) is 19.0. The summed E-state index contributed by atoms with van der Waals surface area (Å²) in [6.45, 7) is 2.50. The average Bonchev–Trinajstić information content (AvgIpc) is 3.46. The summed E-state index contributed by atoms with van der Waals surface area (Å²) in [5.74, 6) is 0.846. The van der Waals surface area contributed by atoms with E-state index in [4.69, 9.17) is 9.15 Å². The number of hydrogen-bond donors (Lipinski definition) is 1. The van der Waals surface area contributed by atoms with Gasteiger partial charge in [-0.3, -0.25) is 9.69 Å². The fourth-order valence-corrected chi connectivity index (χ4v) is 4.26. The third-order valence-electron chi connectivity index (χ3n) is 5.12. The number of carbonyl (C=O) groups is 1. The number of nitrogens with zero attached hydrogens (tertiary/aromatic N) is 4. The number of thioether (sulfide) groups is 1. The molecule has 0 atom stereocenters. The Kier molecular flexibility index (Phi) is 7.57. The van der Waals surface area contributed by atoms with Crippen LogP contribution < -0.4 is 9.64 Å². The van der Waals surface area contributed by atoms with E-state index in [-0.39, 0.29) is 18.2 Å². The summed E-state index contributed by atoms with van der Waals surface area (Å²) in [5.41, 5.74) is 2.72. The largest absolute Gasteiger partial charge is 0.504 e. The summed E-state index contributed by atoms with van der Waals surface area (Å²) in [7, 11) is 3.97. The molecule has 4 rings (SSSR count). The van der Waals surface area contributed by atoms with Crippen molar-refractivity contribution in [3.8, 4) is 11.5 Å². The van der Waals surface area contributed by atoms with Crippen molar-refractivity contribution in [3.63, 3.8) is 0 Å². The molecule has 1 N–H and O–H groups in total. The van der Waals surface area contributed by atoms with E-state index in [1.165, 1.54) is 16.7 Å². The van der Waals surface area contributed by atoms with Gasteiger partial charge in [-0.25, -0.2) is 0 Å². The van der Waals surface area contributed by atoms with Crippen LogP contribution in [0.1, 0.15) is 23.8 Å². The van der Waals surface area contributed by atoms with Gasteiger partial charge in [0.15, 0.2) is 16.7 Å². The lowest BCUT2D eigenvalue weighted by molar-refractivity contribution is -0.122. The van der Waals surface area contributed by atoms with E-state index in [9.17, 15) is 9.90 Å². The second-order valence-electron chi connectivity index (χ2n) is 7.85. The Labute approximate surface area is 208 Å². The number of phenolic OH excluding ortho intramolecular Hbond substituents is 1. The number of hydrogen-bond acceptors (Lipinski definition) is 8. The topological polar surface area (TPSA) is 90.9 Å². The van der Waals surface area contributed by atoms with Gasteiger partial charge in [-0.1, -0.05) is 18.2 Å². The van der Waals surface area contributed by atoms with E-state index in [0.717, 1.165) is 16.8 Å². The second-order valence-corrected chi connectivity index (χ2v) is 8.86. The minimum absolute atomic E-state index is 0.0500. The molecule has 35 heavy (non-hydrogen) atoms. The van der Waals surface area contributed by atoms with Crippen molar-refractivity contribution in [2.45, 2.75) is 13.5 Å². The Bertz CT molecular complexity index is 1270. The smallest absolute Gasteiger partial charge is 0.267 e. The van der Waals surface area contributed by atoms with Gasteiger partial charge < -0.3 is 19.2 Å². The van der Waals surface area contributed by atoms with Crippen molar-refractivity contribution < 1.29 is 19.1 Å². The van der Waals surface area contributed by atoms with Gasteiger partial charge in [-0.15, -0.1) is 5.10 Å². The van der Waals surface area contributed by atoms with Gasteiger partial charge in [0.2, 0.25) is 0 Å². The van der Waals surface area contributed by atoms with Crippen LogP contribution in [0.15, 0.2) is 80.4 Å². The molecular formula is C26H26N4O4S. The first-order valence-corrected chi connectivity index (χ1v) is 11.8. The number of amides is 1. The SMILES string of the molecule is CCOc1cc(/C=C2\S/C(=N/N=C\c3ccc(N(C)C)cc3)N(Cc3ccco3)C2=O)ccc1O. The maximum Gasteiger partial charge on any atom is 0.267 e. The lowest BCUT2D eigenvalue weighted by Crippen LogP contribution is -2.28. The van der Waals surface area contributed by atoms with Crippen LogP contribution >= 0.6 is 11.8 Å². The molecule has 8 nitrogen and oxygen atoms in total. The highest BCUT2D eigenvalue weighted by molar-refractivity contribution is 8.18. The summed E-state index contributed by atoms with van der Waals surface area (Å²) in [4.78, 5) is 17.3. The van der Waals surface area contributed by atoms with E-state index in [0.29, 0.717) is 28.2 Å². The molecule has 1 amide bonds. The number of aromatic hydroxyl groups is 1. The molecule has 1 saturated heterocycles. The number of ether oxygens (including phenoxy) is 1. The lowest BCUT2D eigenvalue weighted by atomic mass is 10.2. The molecular weight excluding hydrogens is 464 g/mol. The predicted molar refractivity (Wildman–Crippen MR) is 140 cm³/mol. The first kappa shape index (κ1) is 24.2. The first-order valence-electron chi connectivity index (χ1n) is 11.0. The van der Waals surface area contributed by atoms with Crippen LogP contribution in [0.3, 0.4) is 0 Å². The van der Waals surface area contributed by atoms with Crippen molar-refractivity contribution in [1.82, 2.24) is 4.90 Å². The van der Waals surface area contributed by atoms with Gasteiger partial charge in [0.05, 0.1) is 30.5 Å². The lowest BCUT2D eigenvalue weighted by Gasteiger charge is -2.12. The quantitative estimate of drug-likeness (QED) is 0.273. The molecule has 0 aliphatic carbocycles. The Hall–Kier alpha value is -3.98. The minimum atomic E-state index is -0.207. The van der Waals surface area contributed by atoms with Crippen molar-refractivity contribution in [1.29, 1.82) is 0 Å². The third-order valence-corrected chi connectivity index (χ3v) is 6.12. The highest BCUT2D eigenvalue weighted by atomic mass is 32.2. The van der Waals surface area contributed by atoms with Crippen molar-refractivity contribution in [2.75, 3.05) is 25.6 Å². The van der Waals surface area contributed by atoms with E-state index < -0.39 is 0 Å². The number of anilines is 1. The summed E-state index contributed by atoms with van der Waals surface area (Å²) < 4.78 is 10.9. The molecule has 3 aromatic rings. The van der Waals surface area contributed by atoms with E-state index in [1.807, 2.05) is 50.2 Å². The number of amidine groups is 1. The monoisotopic (exact) mass is 490 g/mol. The minimum Gasteiger partial charge on any atom is -0.504 e. The molecule has 9 heteroatoms. The third kappa shape index (κ3) is 5.93. The normalized spacial score (nSPS) is 16.1. The number of furan rings is 1. The molecule has 1 fully saturated rings. The number of rotatable bonds is 8. The van der Waals surface area contributed by atoms with E-state index in [1.54, 1.807) is 48.9 Å². The molecule has 0 bridgehead atoms. The Morgan fingerprint density at radius 1 is 1.14 bits per heavy atom. The predicted octanol–water partition coefficient (Wildman–Crippen LogP) is 4.96. The van der Waals surface area contributed by atoms with Gasteiger partial charge in [-0.05, 0) is 72.3 Å². The Morgan fingerprint density at radius 3 is 2.60 bits per heavy atom. The zero-order valence-electron chi connectivity index (χ0n) is 19.7.